The predicted octanol–water partition coefficient (Wildman–Crippen LogP) is 3.77. The fourth-order valence-electron chi connectivity index (χ4n) is 2.84. The minimum Gasteiger partial charge on any atom is -0.321 e. The lowest BCUT2D eigenvalue weighted by Crippen LogP contribution is -2.25. The molecule has 0 aromatic heterocycles. The highest BCUT2D eigenvalue weighted by Gasteiger charge is 2.23. The Balaban J connectivity index is 1.74. The van der Waals surface area contributed by atoms with Crippen LogP contribution in [0.3, 0.4) is 0 Å². The molecule has 0 unspecified atom stereocenters. The lowest BCUT2D eigenvalue weighted by atomic mass is 10.1. The van der Waals surface area contributed by atoms with E-state index in [1.54, 1.807) is 11.0 Å². The van der Waals surface area contributed by atoms with Gasteiger partial charge >= 0.3 is 0 Å². The molecule has 0 spiro atoms. The number of carbonyl (C=O) groups excluding carboxylic acids is 2. The highest BCUT2D eigenvalue weighted by atomic mass is 16.2. The maximum absolute atomic E-state index is 12.2. The molecule has 0 bridgehead atoms. The number of hydrogen-bond donors (Lipinski definition) is 1. The first-order valence-corrected chi connectivity index (χ1v) is 8.08. The summed E-state index contributed by atoms with van der Waals surface area (Å²) in [6.45, 7) is 2.71. The average molecular weight is 320 g/mol. The number of rotatable bonds is 4. The smallest absolute Gasteiger partial charge is 0.248 e. The third-order valence-corrected chi connectivity index (χ3v) is 4.00. The SMILES string of the molecule is Cc1cccc(/C=C/C(=O)Nc2ccccc2N2CCCC2=O)c1. The third kappa shape index (κ3) is 3.71. The maximum Gasteiger partial charge on any atom is 0.248 e. The Kier molecular flexibility index (Phi) is 4.75. The van der Waals surface area contributed by atoms with E-state index in [4.69, 9.17) is 0 Å². The standard InChI is InChI=1S/C20H20N2O2/c1-15-6-4-7-16(14-15)11-12-19(23)21-17-8-2-3-9-18(17)22-13-5-10-20(22)24/h2-4,6-9,11-12,14H,5,10,13H2,1H3,(H,21,23)/b12-11+. The number of carbonyl (C=O) groups is 2. The van der Waals surface area contributed by atoms with Crippen LogP contribution in [0.1, 0.15) is 24.0 Å². The van der Waals surface area contributed by atoms with E-state index in [0.29, 0.717) is 18.7 Å². The second-order valence-corrected chi connectivity index (χ2v) is 5.90. The minimum absolute atomic E-state index is 0.104. The van der Waals surface area contributed by atoms with Gasteiger partial charge in [-0.1, -0.05) is 42.0 Å². The van der Waals surface area contributed by atoms with Gasteiger partial charge in [-0.15, -0.1) is 0 Å². The van der Waals surface area contributed by atoms with Crippen molar-refractivity contribution in [3.8, 4) is 0 Å². The van der Waals surface area contributed by atoms with Crippen LogP contribution < -0.4 is 10.2 Å². The van der Waals surface area contributed by atoms with Gasteiger partial charge in [0.05, 0.1) is 11.4 Å². The van der Waals surface area contributed by atoms with Crippen molar-refractivity contribution in [2.75, 3.05) is 16.8 Å². The quantitative estimate of drug-likeness (QED) is 0.872. The van der Waals surface area contributed by atoms with Gasteiger partial charge in [-0.25, -0.2) is 0 Å². The van der Waals surface area contributed by atoms with Crippen LogP contribution in [0.2, 0.25) is 0 Å². The van der Waals surface area contributed by atoms with E-state index in [1.165, 1.54) is 6.08 Å². The summed E-state index contributed by atoms with van der Waals surface area (Å²) in [5, 5.41) is 2.87. The average Bonchev–Trinajstić information content (AvgIpc) is 2.99. The molecule has 1 heterocycles. The second kappa shape index (κ2) is 7.13. The van der Waals surface area contributed by atoms with E-state index in [0.717, 1.165) is 23.2 Å². The Hall–Kier alpha value is -2.88. The van der Waals surface area contributed by atoms with E-state index in [2.05, 4.69) is 5.32 Å². The lowest BCUT2D eigenvalue weighted by molar-refractivity contribution is -0.117. The van der Waals surface area contributed by atoms with Crippen LogP contribution in [0, 0.1) is 6.92 Å². The summed E-state index contributed by atoms with van der Waals surface area (Å²) in [5.74, 6) is -0.109. The second-order valence-electron chi connectivity index (χ2n) is 5.90. The van der Waals surface area contributed by atoms with Gasteiger partial charge in [0.25, 0.3) is 0 Å². The molecular weight excluding hydrogens is 300 g/mol. The molecule has 4 heteroatoms. The zero-order valence-corrected chi connectivity index (χ0v) is 13.7. The molecule has 0 aliphatic carbocycles. The fourth-order valence-corrected chi connectivity index (χ4v) is 2.84. The van der Waals surface area contributed by atoms with Gasteiger partial charge in [-0.3, -0.25) is 9.59 Å². The molecule has 0 radical (unpaired) electrons. The molecule has 122 valence electrons. The number of anilines is 2. The van der Waals surface area contributed by atoms with Crippen molar-refractivity contribution < 1.29 is 9.59 Å². The number of aryl methyl sites for hydroxylation is 1. The number of amides is 2. The molecule has 2 aromatic rings. The van der Waals surface area contributed by atoms with Crippen molar-refractivity contribution in [3.63, 3.8) is 0 Å². The third-order valence-electron chi connectivity index (χ3n) is 4.00. The fraction of sp³-hybridized carbons (Fsp3) is 0.200. The van der Waals surface area contributed by atoms with Crippen molar-refractivity contribution >= 4 is 29.3 Å². The number of para-hydroxylation sites is 2. The van der Waals surface area contributed by atoms with Crippen LogP contribution >= 0.6 is 0 Å². The van der Waals surface area contributed by atoms with E-state index in [9.17, 15) is 9.59 Å². The molecule has 1 saturated heterocycles. The zero-order chi connectivity index (χ0) is 16.9. The van der Waals surface area contributed by atoms with Crippen LogP contribution in [0.5, 0.6) is 0 Å². The predicted molar refractivity (Wildman–Crippen MR) is 96.9 cm³/mol. The molecule has 24 heavy (non-hydrogen) atoms. The van der Waals surface area contributed by atoms with Gasteiger partial charge in [-0.05, 0) is 37.1 Å². The van der Waals surface area contributed by atoms with Crippen molar-refractivity contribution in [1.82, 2.24) is 0 Å². The molecule has 0 saturated carbocycles. The van der Waals surface area contributed by atoms with E-state index < -0.39 is 0 Å². The summed E-state index contributed by atoms with van der Waals surface area (Å²) in [7, 11) is 0. The minimum atomic E-state index is -0.212. The zero-order valence-electron chi connectivity index (χ0n) is 13.7. The molecule has 2 amide bonds. The molecule has 3 rings (SSSR count). The monoisotopic (exact) mass is 320 g/mol. The molecule has 1 N–H and O–H groups in total. The van der Waals surface area contributed by atoms with E-state index in [-0.39, 0.29) is 11.8 Å². The number of hydrogen-bond acceptors (Lipinski definition) is 2. The topological polar surface area (TPSA) is 49.4 Å². The van der Waals surface area contributed by atoms with Gasteiger partial charge in [-0.2, -0.15) is 0 Å². The van der Waals surface area contributed by atoms with Gasteiger partial charge < -0.3 is 10.2 Å². The Labute approximate surface area is 141 Å². The van der Waals surface area contributed by atoms with Crippen LogP contribution in [0.25, 0.3) is 6.08 Å². The largest absolute Gasteiger partial charge is 0.321 e. The van der Waals surface area contributed by atoms with Crippen molar-refractivity contribution in [2.24, 2.45) is 0 Å². The highest BCUT2D eigenvalue weighted by Crippen LogP contribution is 2.29. The summed E-state index contributed by atoms with van der Waals surface area (Å²) in [6, 6.07) is 15.3. The molecule has 1 aliphatic rings. The number of benzene rings is 2. The number of nitrogens with zero attached hydrogens (tertiary/aromatic N) is 1. The summed E-state index contributed by atoms with van der Waals surface area (Å²) < 4.78 is 0. The molecule has 2 aromatic carbocycles. The van der Waals surface area contributed by atoms with Crippen molar-refractivity contribution in [3.05, 3.63) is 65.7 Å². The Morgan fingerprint density at radius 3 is 2.75 bits per heavy atom. The first-order valence-electron chi connectivity index (χ1n) is 8.08. The summed E-state index contributed by atoms with van der Waals surface area (Å²) in [6.07, 6.45) is 4.72. The molecule has 1 fully saturated rings. The van der Waals surface area contributed by atoms with Crippen molar-refractivity contribution in [2.45, 2.75) is 19.8 Å². The Morgan fingerprint density at radius 1 is 1.17 bits per heavy atom. The first-order chi connectivity index (χ1) is 11.6. The van der Waals surface area contributed by atoms with Crippen LogP contribution in [0.15, 0.2) is 54.6 Å². The molecule has 1 aliphatic heterocycles. The molecule has 4 nitrogen and oxygen atoms in total. The normalized spacial score (nSPS) is 14.4. The van der Waals surface area contributed by atoms with Gasteiger partial charge in [0.1, 0.15) is 0 Å². The first kappa shape index (κ1) is 16.0. The van der Waals surface area contributed by atoms with Gasteiger partial charge in [0.2, 0.25) is 11.8 Å². The molecule has 0 atom stereocenters. The lowest BCUT2D eigenvalue weighted by Gasteiger charge is -2.19. The van der Waals surface area contributed by atoms with Crippen LogP contribution in [-0.2, 0) is 9.59 Å². The molecular formula is C20H20N2O2. The summed E-state index contributed by atoms with van der Waals surface area (Å²) in [4.78, 5) is 25.9. The Bertz CT molecular complexity index is 796. The Morgan fingerprint density at radius 2 is 2.00 bits per heavy atom. The van der Waals surface area contributed by atoms with Crippen LogP contribution in [-0.4, -0.2) is 18.4 Å². The highest BCUT2D eigenvalue weighted by molar-refractivity contribution is 6.06. The van der Waals surface area contributed by atoms with E-state index >= 15 is 0 Å². The summed E-state index contributed by atoms with van der Waals surface area (Å²) >= 11 is 0. The summed E-state index contributed by atoms with van der Waals surface area (Å²) in [5.41, 5.74) is 3.55. The van der Waals surface area contributed by atoms with Gasteiger partial charge in [0, 0.05) is 19.0 Å². The van der Waals surface area contributed by atoms with Crippen molar-refractivity contribution in [1.29, 1.82) is 0 Å². The maximum atomic E-state index is 12.2. The van der Waals surface area contributed by atoms with Gasteiger partial charge in [0.15, 0.2) is 0 Å². The van der Waals surface area contributed by atoms with Crippen LogP contribution in [0.4, 0.5) is 11.4 Å². The van der Waals surface area contributed by atoms with E-state index in [1.807, 2.05) is 55.5 Å². The number of nitrogens with one attached hydrogen (secondary N) is 1.